The van der Waals surface area contributed by atoms with Crippen molar-refractivity contribution >= 4 is 54.9 Å². The number of nitrogens with one attached hydrogen (secondary N) is 1. The van der Waals surface area contributed by atoms with Crippen LogP contribution in [-0.2, 0) is 14.8 Å². The molecule has 0 unspecified atom stereocenters. The van der Waals surface area contributed by atoms with E-state index >= 15 is 0 Å². The minimum atomic E-state index is -3.63. The van der Waals surface area contributed by atoms with Crippen LogP contribution in [0, 0.1) is 6.92 Å². The number of benzene rings is 2. The Kier molecular flexibility index (Phi) is 6.13. The van der Waals surface area contributed by atoms with Crippen molar-refractivity contribution in [1.82, 2.24) is 19.1 Å². The standard InChI is InChI=1S/C22H20ClN5O4S2/c1-14-13-19(28(26-14)22-25-20-17(23)3-2-4-18(20)33-22)24-21(29)15-5-7-16(8-6-15)34(30,31)27-9-11-32-12-10-27/h2-8,13H,9-12H2,1H3,(H,24,29). The molecule has 1 saturated heterocycles. The maximum atomic E-state index is 12.9. The van der Waals surface area contributed by atoms with Crippen molar-refractivity contribution < 1.29 is 17.9 Å². The molecule has 3 heterocycles. The maximum Gasteiger partial charge on any atom is 0.256 e. The first-order valence-electron chi connectivity index (χ1n) is 10.4. The molecule has 12 heteroatoms. The van der Waals surface area contributed by atoms with Gasteiger partial charge in [-0.05, 0) is 43.3 Å². The lowest BCUT2D eigenvalue weighted by Gasteiger charge is -2.26. The summed E-state index contributed by atoms with van der Waals surface area (Å²) in [6, 6.07) is 13.2. The summed E-state index contributed by atoms with van der Waals surface area (Å²) in [5.41, 5.74) is 1.69. The Morgan fingerprint density at radius 1 is 1.15 bits per heavy atom. The second kappa shape index (κ2) is 9.08. The molecule has 0 bridgehead atoms. The predicted octanol–water partition coefficient (Wildman–Crippen LogP) is 3.72. The van der Waals surface area contributed by atoms with Gasteiger partial charge in [0.25, 0.3) is 5.91 Å². The highest BCUT2D eigenvalue weighted by atomic mass is 35.5. The van der Waals surface area contributed by atoms with Crippen LogP contribution in [0.1, 0.15) is 16.1 Å². The average Bonchev–Trinajstić information content (AvgIpc) is 3.43. The third-order valence-electron chi connectivity index (χ3n) is 5.34. The number of carbonyl (C=O) groups excluding carboxylic acids is 1. The zero-order chi connectivity index (χ0) is 23.9. The number of para-hydroxylation sites is 1. The van der Waals surface area contributed by atoms with Gasteiger partial charge in [-0.15, -0.1) is 0 Å². The molecule has 0 radical (unpaired) electrons. The largest absolute Gasteiger partial charge is 0.379 e. The number of nitrogens with zero attached hydrogens (tertiary/aromatic N) is 4. The van der Waals surface area contributed by atoms with Crippen molar-refractivity contribution in [1.29, 1.82) is 0 Å². The van der Waals surface area contributed by atoms with Crippen LogP contribution in [0.2, 0.25) is 5.02 Å². The van der Waals surface area contributed by atoms with Gasteiger partial charge in [-0.2, -0.15) is 14.1 Å². The quantitative estimate of drug-likeness (QED) is 0.432. The number of aromatic nitrogens is 3. The Balaban J connectivity index is 1.38. The Hall–Kier alpha value is -2.83. The summed E-state index contributed by atoms with van der Waals surface area (Å²) in [6.45, 7) is 3.18. The Morgan fingerprint density at radius 2 is 1.88 bits per heavy atom. The third-order valence-corrected chi connectivity index (χ3v) is 8.55. The Morgan fingerprint density at radius 3 is 2.59 bits per heavy atom. The second-order valence-corrected chi connectivity index (χ2v) is 11.0. The smallest absolute Gasteiger partial charge is 0.256 e. The van der Waals surface area contributed by atoms with E-state index in [1.807, 2.05) is 19.1 Å². The van der Waals surface area contributed by atoms with Gasteiger partial charge < -0.3 is 10.1 Å². The van der Waals surface area contributed by atoms with Gasteiger partial charge in [0, 0.05) is 24.7 Å². The van der Waals surface area contributed by atoms with Gasteiger partial charge in [0.05, 0.1) is 33.5 Å². The van der Waals surface area contributed by atoms with Crippen LogP contribution in [0.3, 0.4) is 0 Å². The summed E-state index contributed by atoms with van der Waals surface area (Å²) in [7, 11) is -3.63. The molecule has 176 valence electrons. The number of aryl methyl sites for hydroxylation is 1. The molecule has 2 aromatic carbocycles. The summed E-state index contributed by atoms with van der Waals surface area (Å²) in [5.74, 6) is 0.0540. The van der Waals surface area contributed by atoms with Gasteiger partial charge in [0.1, 0.15) is 11.3 Å². The van der Waals surface area contributed by atoms with Crippen LogP contribution in [0.4, 0.5) is 5.82 Å². The van der Waals surface area contributed by atoms with Crippen LogP contribution in [0.25, 0.3) is 15.3 Å². The Labute approximate surface area is 205 Å². The van der Waals surface area contributed by atoms with E-state index in [0.29, 0.717) is 59.0 Å². The fourth-order valence-electron chi connectivity index (χ4n) is 3.63. The fraction of sp³-hybridized carbons (Fsp3) is 0.227. The molecule has 1 aliphatic heterocycles. The van der Waals surface area contributed by atoms with E-state index in [9.17, 15) is 13.2 Å². The summed E-state index contributed by atoms with van der Waals surface area (Å²) in [5, 5.41) is 8.42. The normalized spacial score (nSPS) is 15.0. The van der Waals surface area contributed by atoms with Crippen molar-refractivity contribution in [3.63, 3.8) is 0 Å². The number of fused-ring (bicyclic) bond motifs is 1. The number of amides is 1. The van der Waals surface area contributed by atoms with E-state index < -0.39 is 15.9 Å². The van der Waals surface area contributed by atoms with E-state index in [0.717, 1.165) is 4.70 Å². The molecule has 5 rings (SSSR count). The second-order valence-electron chi connectivity index (χ2n) is 7.66. The van der Waals surface area contributed by atoms with Crippen molar-refractivity contribution in [3.8, 4) is 5.13 Å². The van der Waals surface area contributed by atoms with Crippen LogP contribution < -0.4 is 5.32 Å². The number of ether oxygens (including phenoxy) is 1. The van der Waals surface area contributed by atoms with Gasteiger partial charge in [0.15, 0.2) is 0 Å². The topological polar surface area (TPSA) is 106 Å². The van der Waals surface area contributed by atoms with Gasteiger partial charge in [-0.3, -0.25) is 4.79 Å². The van der Waals surface area contributed by atoms with Gasteiger partial charge in [-0.25, -0.2) is 13.4 Å². The molecular weight excluding hydrogens is 498 g/mol. The highest BCUT2D eigenvalue weighted by molar-refractivity contribution is 7.89. The average molecular weight is 518 g/mol. The van der Waals surface area contributed by atoms with Gasteiger partial charge in [0.2, 0.25) is 15.2 Å². The van der Waals surface area contributed by atoms with E-state index in [2.05, 4.69) is 15.4 Å². The number of thiazole rings is 1. The monoisotopic (exact) mass is 517 g/mol. The molecule has 1 aliphatic rings. The van der Waals surface area contributed by atoms with Crippen LogP contribution in [-0.4, -0.2) is 59.7 Å². The van der Waals surface area contributed by atoms with Crippen molar-refractivity contribution in [2.75, 3.05) is 31.6 Å². The van der Waals surface area contributed by atoms with Gasteiger partial charge >= 0.3 is 0 Å². The lowest BCUT2D eigenvalue weighted by molar-refractivity contribution is 0.0730. The van der Waals surface area contributed by atoms with E-state index in [-0.39, 0.29) is 4.90 Å². The number of halogens is 1. The van der Waals surface area contributed by atoms with E-state index in [1.165, 1.54) is 39.9 Å². The number of hydrogen-bond acceptors (Lipinski definition) is 7. The zero-order valence-electron chi connectivity index (χ0n) is 18.1. The number of anilines is 1. The number of hydrogen-bond donors (Lipinski definition) is 1. The van der Waals surface area contributed by atoms with Crippen LogP contribution in [0.5, 0.6) is 0 Å². The number of rotatable bonds is 5. The highest BCUT2D eigenvalue weighted by Crippen LogP contribution is 2.31. The number of sulfonamides is 1. The fourth-order valence-corrected chi connectivity index (χ4v) is 6.27. The molecule has 2 aromatic heterocycles. The predicted molar refractivity (Wildman–Crippen MR) is 130 cm³/mol. The van der Waals surface area contributed by atoms with Gasteiger partial charge in [-0.1, -0.05) is 29.0 Å². The van der Waals surface area contributed by atoms with Crippen molar-refractivity contribution in [2.45, 2.75) is 11.8 Å². The first-order valence-corrected chi connectivity index (χ1v) is 13.1. The summed E-state index contributed by atoms with van der Waals surface area (Å²) >= 11 is 7.66. The van der Waals surface area contributed by atoms with Crippen molar-refractivity contribution in [3.05, 3.63) is 64.8 Å². The molecule has 0 spiro atoms. The summed E-state index contributed by atoms with van der Waals surface area (Å²) in [4.78, 5) is 17.6. The molecule has 0 saturated carbocycles. The SMILES string of the molecule is Cc1cc(NC(=O)c2ccc(S(=O)(=O)N3CCOCC3)cc2)n(-c2nc3c(Cl)cccc3s2)n1. The van der Waals surface area contributed by atoms with Crippen LogP contribution >= 0.6 is 22.9 Å². The third kappa shape index (κ3) is 4.32. The lowest BCUT2D eigenvalue weighted by Crippen LogP contribution is -2.40. The highest BCUT2D eigenvalue weighted by Gasteiger charge is 2.26. The molecule has 1 amide bonds. The molecule has 34 heavy (non-hydrogen) atoms. The summed E-state index contributed by atoms with van der Waals surface area (Å²) in [6.07, 6.45) is 0. The zero-order valence-corrected chi connectivity index (χ0v) is 20.5. The van der Waals surface area contributed by atoms with Crippen molar-refractivity contribution in [2.24, 2.45) is 0 Å². The van der Waals surface area contributed by atoms with Crippen LogP contribution in [0.15, 0.2) is 53.4 Å². The molecule has 9 nitrogen and oxygen atoms in total. The molecule has 1 N–H and O–H groups in total. The Bertz CT molecular complexity index is 1470. The molecule has 1 fully saturated rings. The summed E-state index contributed by atoms with van der Waals surface area (Å²) < 4.78 is 34.7. The lowest BCUT2D eigenvalue weighted by atomic mass is 10.2. The first kappa shape index (κ1) is 22.9. The molecular formula is C22H20ClN5O4S2. The van der Waals surface area contributed by atoms with E-state index in [1.54, 1.807) is 16.8 Å². The first-order chi connectivity index (χ1) is 16.3. The minimum absolute atomic E-state index is 0.137. The minimum Gasteiger partial charge on any atom is -0.379 e. The van der Waals surface area contributed by atoms with E-state index in [4.69, 9.17) is 16.3 Å². The molecule has 0 aliphatic carbocycles. The number of morpholine rings is 1. The molecule has 0 atom stereocenters. The molecule has 4 aromatic rings. The number of carbonyl (C=O) groups is 1. The maximum absolute atomic E-state index is 12.9.